The molecule has 2 rings (SSSR count). The van der Waals surface area contributed by atoms with Gasteiger partial charge in [-0.3, -0.25) is 4.79 Å². The van der Waals surface area contributed by atoms with E-state index in [9.17, 15) is 9.59 Å². The number of allylic oxidation sites excluding steroid dienone is 2. The number of carbonyl (C=O) groups excluding carboxylic acids is 1. The normalized spacial score (nSPS) is 21.4. The molecule has 0 spiro atoms. The van der Waals surface area contributed by atoms with Gasteiger partial charge in [-0.25, -0.2) is 4.79 Å². The summed E-state index contributed by atoms with van der Waals surface area (Å²) in [5.41, 5.74) is 1.52. The maximum Gasteiger partial charge on any atom is 0.335 e. The lowest BCUT2D eigenvalue weighted by Gasteiger charge is -2.25. The van der Waals surface area contributed by atoms with Crippen LogP contribution in [0.3, 0.4) is 0 Å². The molecule has 1 fully saturated rings. The van der Waals surface area contributed by atoms with Crippen LogP contribution >= 0.6 is 0 Å². The molecule has 0 unspecified atom stereocenters. The van der Waals surface area contributed by atoms with Crippen molar-refractivity contribution in [1.29, 1.82) is 0 Å². The van der Waals surface area contributed by atoms with E-state index in [4.69, 9.17) is 5.11 Å². The van der Waals surface area contributed by atoms with Crippen molar-refractivity contribution in [1.82, 2.24) is 4.90 Å². The van der Waals surface area contributed by atoms with Crippen molar-refractivity contribution in [2.24, 2.45) is 0 Å². The SMILES string of the molecule is CC1=C(N2CCCC2)C(=O)CC=C1C(=O)O. The Hall–Kier alpha value is -1.58. The number of hydrogen-bond acceptors (Lipinski definition) is 3. The van der Waals surface area contributed by atoms with E-state index in [2.05, 4.69) is 0 Å². The maximum atomic E-state index is 11.8. The molecule has 0 amide bonds. The molecule has 0 aromatic heterocycles. The number of carboxylic acid groups (broad SMARTS) is 1. The number of ketones is 1. The second kappa shape index (κ2) is 4.12. The van der Waals surface area contributed by atoms with Gasteiger partial charge in [0.25, 0.3) is 0 Å². The predicted molar refractivity (Wildman–Crippen MR) is 58.8 cm³/mol. The molecule has 1 aliphatic carbocycles. The number of rotatable bonds is 2. The van der Waals surface area contributed by atoms with Gasteiger partial charge in [0.1, 0.15) is 0 Å². The van der Waals surface area contributed by atoms with Crippen molar-refractivity contribution >= 4 is 11.8 Å². The van der Waals surface area contributed by atoms with Crippen LogP contribution in [0.4, 0.5) is 0 Å². The third-order valence-electron chi connectivity index (χ3n) is 3.17. The van der Waals surface area contributed by atoms with Crippen molar-refractivity contribution < 1.29 is 14.7 Å². The summed E-state index contributed by atoms with van der Waals surface area (Å²) >= 11 is 0. The van der Waals surface area contributed by atoms with Crippen LogP contribution in [0.25, 0.3) is 0 Å². The molecule has 0 saturated carbocycles. The Kier molecular flexibility index (Phi) is 2.81. The Labute approximate surface area is 94.2 Å². The van der Waals surface area contributed by atoms with Gasteiger partial charge in [0, 0.05) is 19.5 Å². The van der Waals surface area contributed by atoms with Crippen LogP contribution in [0.1, 0.15) is 26.2 Å². The average Bonchev–Trinajstić information content (AvgIpc) is 2.70. The Morgan fingerprint density at radius 1 is 1.38 bits per heavy atom. The monoisotopic (exact) mass is 221 g/mol. The summed E-state index contributed by atoms with van der Waals surface area (Å²) < 4.78 is 0. The number of carbonyl (C=O) groups is 2. The van der Waals surface area contributed by atoms with Crippen LogP contribution < -0.4 is 0 Å². The van der Waals surface area contributed by atoms with E-state index < -0.39 is 5.97 Å². The molecule has 1 N–H and O–H groups in total. The van der Waals surface area contributed by atoms with Crippen molar-refractivity contribution in [3.63, 3.8) is 0 Å². The van der Waals surface area contributed by atoms with Crippen molar-refractivity contribution in [3.05, 3.63) is 22.9 Å². The Balaban J connectivity index is 2.37. The first-order valence-corrected chi connectivity index (χ1v) is 5.54. The summed E-state index contributed by atoms with van der Waals surface area (Å²) in [6, 6.07) is 0. The van der Waals surface area contributed by atoms with E-state index in [1.54, 1.807) is 6.92 Å². The van der Waals surface area contributed by atoms with Crippen LogP contribution in [-0.4, -0.2) is 34.8 Å². The highest BCUT2D eigenvalue weighted by Gasteiger charge is 2.28. The molecular weight excluding hydrogens is 206 g/mol. The number of likely N-dealkylation sites (tertiary alicyclic amines) is 1. The third-order valence-corrected chi connectivity index (χ3v) is 3.17. The van der Waals surface area contributed by atoms with Crippen molar-refractivity contribution in [2.75, 3.05) is 13.1 Å². The summed E-state index contributed by atoms with van der Waals surface area (Å²) in [6.45, 7) is 3.46. The minimum atomic E-state index is -0.943. The summed E-state index contributed by atoms with van der Waals surface area (Å²) in [6.07, 6.45) is 3.89. The molecule has 2 aliphatic rings. The molecule has 1 saturated heterocycles. The third kappa shape index (κ3) is 1.75. The highest BCUT2D eigenvalue weighted by Crippen LogP contribution is 2.27. The first-order chi connectivity index (χ1) is 7.61. The van der Waals surface area contributed by atoms with E-state index in [1.165, 1.54) is 6.08 Å². The van der Waals surface area contributed by atoms with Crippen molar-refractivity contribution in [3.8, 4) is 0 Å². The van der Waals surface area contributed by atoms with E-state index in [1.807, 2.05) is 4.90 Å². The van der Waals surface area contributed by atoms with Crippen LogP contribution in [0.5, 0.6) is 0 Å². The zero-order valence-corrected chi connectivity index (χ0v) is 9.32. The quantitative estimate of drug-likeness (QED) is 0.764. The molecule has 1 aliphatic heterocycles. The van der Waals surface area contributed by atoms with Crippen LogP contribution in [0.2, 0.25) is 0 Å². The van der Waals surface area contributed by atoms with Gasteiger partial charge in [-0.1, -0.05) is 6.08 Å². The molecule has 1 heterocycles. The summed E-state index contributed by atoms with van der Waals surface area (Å²) in [7, 11) is 0. The Morgan fingerprint density at radius 2 is 2.00 bits per heavy atom. The number of hydrogen-bond donors (Lipinski definition) is 1. The Bertz CT molecular complexity index is 400. The lowest BCUT2D eigenvalue weighted by molar-refractivity contribution is -0.132. The molecule has 0 bridgehead atoms. The van der Waals surface area contributed by atoms with Gasteiger partial charge < -0.3 is 10.0 Å². The largest absolute Gasteiger partial charge is 0.478 e. The molecule has 0 aromatic carbocycles. The van der Waals surface area contributed by atoms with Crippen LogP contribution in [0.15, 0.2) is 22.9 Å². The van der Waals surface area contributed by atoms with Crippen molar-refractivity contribution in [2.45, 2.75) is 26.2 Å². The number of carboxylic acids is 1. The van der Waals surface area contributed by atoms with Gasteiger partial charge in [0.15, 0.2) is 5.78 Å². The number of aliphatic carboxylic acids is 1. The number of nitrogens with zero attached hydrogens (tertiary/aromatic N) is 1. The molecular formula is C12H15NO3. The van der Waals surface area contributed by atoms with E-state index >= 15 is 0 Å². The van der Waals surface area contributed by atoms with Gasteiger partial charge in [-0.2, -0.15) is 0 Å². The highest BCUT2D eigenvalue weighted by atomic mass is 16.4. The molecule has 4 nitrogen and oxygen atoms in total. The lowest BCUT2D eigenvalue weighted by atomic mass is 9.94. The number of Topliss-reactive ketones (excluding diaryl/α,β-unsaturated/α-hetero) is 1. The fourth-order valence-electron chi connectivity index (χ4n) is 2.38. The second-order valence-electron chi connectivity index (χ2n) is 4.22. The van der Waals surface area contributed by atoms with Gasteiger partial charge in [-0.15, -0.1) is 0 Å². The molecule has 4 heteroatoms. The van der Waals surface area contributed by atoms with E-state index in [-0.39, 0.29) is 17.8 Å². The molecule has 0 radical (unpaired) electrons. The summed E-state index contributed by atoms with van der Waals surface area (Å²) in [5, 5.41) is 9.02. The molecule has 86 valence electrons. The lowest BCUT2D eigenvalue weighted by Crippen LogP contribution is -2.28. The average molecular weight is 221 g/mol. The topological polar surface area (TPSA) is 57.6 Å². The maximum absolute atomic E-state index is 11.8. The molecule has 0 aromatic rings. The van der Waals surface area contributed by atoms with Gasteiger partial charge >= 0.3 is 5.97 Å². The van der Waals surface area contributed by atoms with Gasteiger partial charge in [0.05, 0.1) is 11.3 Å². The smallest absolute Gasteiger partial charge is 0.335 e. The van der Waals surface area contributed by atoms with Gasteiger partial charge in [0.2, 0.25) is 0 Å². The second-order valence-corrected chi connectivity index (χ2v) is 4.22. The van der Waals surface area contributed by atoms with Crippen LogP contribution in [0, 0.1) is 0 Å². The zero-order chi connectivity index (χ0) is 11.7. The molecule has 0 atom stereocenters. The van der Waals surface area contributed by atoms with Crippen LogP contribution in [-0.2, 0) is 9.59 Å². The van der Waals surface area contributed by atoms with E-state index in [0.717, 1.165) is 25.9 Å². The standard InChI is InChI=1S/C12H15NO3/c1-8-9(12(15)16)4-5-10(14)11(8)13-6-2-3-7-13/h4H,2-3,5-7H2,1H3,(H,15,16). The van der Waals surface area contributed by atoms with Gasteiger partial charge in [-0.05, 0) is 25.3 Å². The zero-order valence-electron chi connectivity index (χ0n) is 9.32. The fourth-order valence-corrected chi connectivity index (χ4v) is 2.38. The minimum Gasteiger partial charge on any atom is -0.478 e. The predicted octanol–water partition coefficient (Wildman–Crippen LogP) is 1.34. The highest BCUT2D eigenvalue weighted by molar-refractivity contribution is 6.04. The first kappa shape index (κ1) is 10.9. The minimum absolute atomic E-state index is 0.0457. The van der Waals surface area contributed by atoms with E-state index in [0.29, 0.717) is 11.3 Å². The first-order valence-electron chi connectivity index (χ1n) is 5.54. The fraction of sp³-hybridized carbons (Fsp3) is 0.500. The Morgan fingerprint density at radius 3 is 2.56 bits per heavy atom. The summed E-state index contributed by atoms with van der Waals surface area (Å²) in [4.78, 5) is 24.8. The summed E-state index contributed by atoms with van der Waals surface area (Å²) in [5.74, 6) is -0.897. The molecule has 16 heavy (non-hydrogen) atoms.